The second-order valence-corrected chi connectivity index (χ2v) is 5.11. The van der Waals surface area contributed by atoms with Crippen molar-refractivity contribution in [2.45, 2.75) is 25.3 Å². The highest BCUT2D eigenvalue weighted by atomic mass is 35.5. The van der Waals surface area contributed by atoms with E-state index >= 15 is 0 Å². The third-order valence-electron chi connectivity index (χ3n) is 2.07. The highest BCUT2D eigenvalue weighted by Crippen LogP contribution is 2.41. The number of rotatable bonds is 5. The van der Waals surface area contributed by atoms with Crippen LogP contribution in [0.5, 0.6) is 0 Å². The molecule has 0 aliphatic carbocycles. The van der Waals surface area contributed by atoms with Crippen LogP contribution >= 0.6 is 19.4 Å². The van der Waals surface area contributed by atoms with Gasteiger partial charge in [0, 0.05) is 11.8 Å². The van der Waals surface area contributed by atoms with Crippen LogP contribution in [0.3, 0.4) is 0 Å². The summed E-state index contributed by atoms with van der Waals surface area (Å²) in [6, 6.07) is 0. The molecule has 0 aromatic carbocycles. The van der Waals surface area contributed by atoms with E-state index < -0.39 is 31.1 Å². The second-order valence-electron chi connectivity index (χ2n) is 3.42. The average molecular weight is 265 g/mol. The molecule has 4 nitrogen and oxygen atoms in total. The minimum Gasteiger partial charge on any atom is -0.303 e. The maximum Gasteiger partial charge on any atom is 0.469 e. The summed E-state index contributed by atoms with van der Waals surface area (Å²) in [6.07, 6.45) is 9.37. The molecule has 0 aliphatic rings. The Morgan fingerprint density at radius 1 is 1.25 bits per heavy atom. The first kappa shape index (κ1) is 15.5. The topological polar surface area (TPSA) is 66.8 Å². The van der Waals surface area contributed by atoms with Gasteiger partial charge in [0.2, 0.25) is 0 Å². The van der Waals surface area contributed by atoms with E-state index in [1.54, 1.807) is 13.8 Å². The van der Waals surface area contributed by atoms with E-state index in [-0.39, 0.29) is 0 Å². The molecule has 0 radical (unpaired) electrons. The molecule has 0 amide bonds. The standard InChI is InChI=1S/C10H14ClO4P/c1-5-7(3)9(11)10(8(4)6-2)15-16(12,13)14/h1-2,7-10H,3-4H3,(H2,12,13,14). The smallest absolute Gasteiger partial charge is 0.303 e. The van der Waals surface area contributed by atoms with Crippen LogP contribution in [0.15, 0.2) is 0 Å². The van der Waals surface area contributed by atoms with Crippen LogP contribution in [-0.2, 0) is 9.09 Å². The summed E-state index contributed by atoms with van der Waals surface area (Å²) in [7, 11) is -4.64. The fraction of sp³-hybridized carbons (Fsp3) is 0.600. The lowest BCUT2D eigenvalue weighted by atomic mass is 9.95. The van der Waals surface area contributed by atoms with Crippen LogP contribution in [-0.4, -0.2) is 21.3 Å². The zero-order valence-corrected chi connectivity index (χ0v) is 10.7. The van der Waals surface area contributed by atoms with Gasteiger partial charge in [0.25, 0.3) is 0 Å². The molecule has 16 heavy (non-hydrogen) atoms. The maximum absolute atomic E-state index is 10.8. The van der Waals surface area contributed by atoms with Gasteiger partial charge in [-0.25, -0.2) is 4.57 Å². The zero-order valence-electron chi connectivity index (χ0n) is 9.00. The van der Waals surface area contributed by atoms with Gasteiger partial charge >= 0.3 is 7.82 Å². The summed E-state index contributed by atoms with van der Waals surface area (Å²) in [5, 5.41) is -0.760. The largest absolute Gasteiger partial charge is 0.469 e. The molecule has 0 aromatic rings. The summed E-state index contributed by atoms with van der Waals surface area (Å²) in [5.74, 6) is 3.74. The Morgan fingerprint density at radius 3 is 2.00 bits per heavy atom. The lowest BCUT2D eigenvalue weighted by Crippen LogP contribution is -2.34. The average Bonchev–Trinajstić information content (AvgIpc) is 2.21. The summed E-state index contributed by atoms with van der Waals surface area (Å²) in [5.41, 5.74) is 0. The second kappa shape index (κ2) is 6.30. The highest BCUT2D eigenvalue weighted by molar-refractivity contribution is 7.46. The molecule has 0 heterocycles. The van der Waals surface area contributed by atoms with Gasteiger partial charge in [0.15, 0.2) is 0 Å². The Morgan fingerprint density at radius 2 is 1.69 bits per heavy atom. The number of phosphoric acid groups is 1. The van der Waals surface area contributed by atoms with E-state index in [1.165, 1.54) is 0 Å². The van der Waals surface area contributed by atoms with E-state index in [4.69, 9.17) is 34.2 Å². The van der Waals surface area contributed by atoms with Crippen molar-refractivity contribution in [2.24, 2.45) is 11.8 Å². The Labute approximate surface area is 101 Å². The SMILES string of the molecule is C#CC(C)C(Cl)C(OP(=O)(O)O)C(C)C#C. The molecule has 0 aromatic heterocycles. The summed E-state index contributed by atoms with van der Waals surface area (Å²) < 4.78 is 15.3. The Hall–Kier alpha value is -0.480. The van der Waals surface area contributed by atoms with Crippen LogP contribution in [0.2, 0.25) is 0 Å². The summed E-state index contributed by atoms with van der Waals surface area (Å²) in [4.78, 5) is 17.5. The first-order chi connectivity index (χ1) is 7.22. The molecular formula is C10H14ClO4P. The van der Waals surface area contributed by atoms with Gasteiger partial charge in [0.1, 0.15) is 6.10 Å². The summed E-state index contributed by atoms with van der Waals surface area (Å²) >= 11 is 5.97. The monoisotopic (exact) mass is 264 g/mol. The number of hydrogen-bond acceptors (Lipinski definition) is 2. The molecule has 4 atom stereocenters. The Kier molecular flexibility index (Phi) is 6.11. The maximum atomic E-state index is 10.8. The number of alkyl halides is 1. The van der Waals surface area contributed by atoms with Crippen molar-refractivity contribution in [3.05, 3.63) is 0 Å². The molecule has 0 saturated heterocycles. The molecule has 4 unspecified atom stereocenters. The molecule has 0 rings (SSSR count). The molecule has 0 bridgehead atoms. The fourth-order valence-corrected chi connectivity index (χ4v) is 2.10. The van der Waals surface area contributed by atoms with E-state index in [1.807, 2.05) is 0 Å². The summed E-state index contributed by atoms with van der Waals surface area (Å²) in [6.45, 7) is 3.23. The third-order valence-corrected chi connectivity index (χ3v) is 3.21. The minimum atomic E-state index is -4.64. The van der Waals surface area contributed by atoms with Crippen LogP contribution < -0.4 is 0 Å². The lowest BCUT2D eigenvalue weighted by molar-refractivity contribution is 0.101. The van der Waals surface area contributed by atoms with E-state index in [2.05, 4.69) is 16.4 Å². The van der Waals surface area contributed by atoms with Gasteiger partial charge < -0.3 is 9.79 Å². The van der Waals surface area contributed by atoms with Crippen molar-refractivity contribution in [2.75, 3.05) is 0 Å². The minimum absolute atomic E-state index is 0.408. The van der Waals surface area contributed by atoms with Gasteiger partial charge in [-0.3, -0.25) is 4.52 Å². The Bertz CT molecular complexity index is 351. The molecule has 6 heteroatoms. The molecular weight excluding hydrogens is 251 g/mol. The van der Waals surface area contributed by atoms with Crippen molar-refractivity contribution >= 4 is 19.4 Å². The van der Waals surface area contributed by atoms with Crippen LogP contribution in [0.25, 0.3) is 0 Å². The van der Waals surface area contributed by atoms with Gasteiger partial charge in [-0.15, -0.1) is 36.3 Å². The van der Waals surface area contributed by atoms with E-state index in [0.29, 0.717) is 0 Å². The lowest BCUT2D eigenvalue weighted by Gasteiger charge is -2.27. The van der Waals surface area contributed by atoms with E-state index in [0.717, 1.165) is 0 Å². The van der Waals surface area contributed by atoms with Crippen molar-refractivity contribution in [1.29, 1.82) is 0 Å². The predicted octanol–water partition coefficient (Wildman–Crippen LogP) is 1.61. The van der Waals surface area contributed by atoms with Crippen LogP contribution in [0, 0.1) is 36.5 Å². The number of hydrogen-bond donors (Lipinski definition) is 2. The zero-order chi connectivity index (χ0) is 12.9. The predicted molar refractivity (Wildman–Crippen MR) is 62.6 cm³/mol. The molecule has 0 saturated carbocycles. The van der Waals surface area contributed by atoms with Gasteiger partial charge in [-0.05, 0) is 13.8 Å². The quantitative estimate of drug-likeness (QED) is 0.450. The van der Waals surface area contributed by atoms with Crippen LogP contribution in [0.4, 0.5) is 0 Å². The fourth-order valence-electron chi connectivity index (χ4n) is 1.06. The number of phosphoric ester groups is 1. The first-order valence-corrected chi connectivity index (χ1v) is 6.50. The van der Waals surface area contributed by atoms with Crippen LogP contribution in [0.1, 0.15) is 13.8 Å². The number of terminal acetylenes is 2. The van der Waals surface area contributed by atoms with E-state index in [9.17, 15) is 4.57 Å². The molecule has 0 fully saturated rings. The Balaban J connectivity index is 4.91. The molecule has 0 spiro atoms. The van der Waals surface area contributed by atoms with Crippen molar-refractivity contribution in [1.82, 2.24) is 0 Å². The molecule has 2 N–H and O–H groups in total. The highest BCUT2D eigenvalue weighted by Gasteiger charge is 2.34. The van der Waals surface area contributed by atoms with Gasteiger partial charge in [0.05, 0.1) is 5.38 Å². The molecule has 90 valence electrons. The van der Waals surface area contributed by atoms with Crippen molar-refractivity contribution < 1.29 is 18.9 Å². The van der Waals surface area contributed by atoms with Gasteiger partial charge in [-0.1, -0.05) is 0 Å². The first-order valence-electron chi connectivity index (χ1n) is 4.53. The van der Waals surface area contributed by atoms with Crippen molar-refractivity contribution in [3.63, 3.8) is 0 Å². The van der Waals surface area contributed by atoms with Gasteiger partial charge in [-0.2, -0.15) is 0 Å². The third kappa shape index (κ3) is 5.03. The normalized spacial score (nSPS) is 18.9. The molecule has 0 aliphatic heterocycles. The van der Waals surface area contributed by atoms with Crippen molar-refractivity contribution in [3.8, 4) is 24.7 Å². The number of halogens is 1.